The highest BCUT2D eigenvalue weighted by molar-refractivity contribution is 5.71. The third-order valence-electron chi connectivity index (χ3n) is 4.35. The van der Waals surface area contributed by atoms with Crippen LogP contribution in [-0.2, 0) is 7.05 Å². The Morgan fingerprint density at radius 3 is 2.70 bits per heavy atom. The lowest BCUT2D eigenvalue weighted by Gasteiger charge is -2.24. The number of benzene rings is 1. The molecule has 1 aliphatic rings. The summed E-state index contributed by atoms with van der Waals surface area (Å²) in [6, 6.07) is 7.44. The van der Waals surface area contributed by atoms with E-state index < -0.39 is 0 Å². The molecule has 3 nitrogen and oxygen atoms in total. The molecule has 20 heavy (non-hydrogen) atoms. The Bertz CT molecular complexity index is 612. The summed E-state index contributed by atoms with van der Waals surface area (Å²) in [6.45, 7) is 7.99. The zero-order valence-electron chi connectivity index (χ0n) is 12.8. The average Bonchev–Trinajstić information content (AvgIpc) is 3.01. The summed E-state index contributed by atoms with van der Waals surface area (Å²) in [4.78, 5) is 2.52. The zero-order valence-corrected chi connectivity index (χ0v) is 12.8. The normalized spacial score (nSPS) is 17.9. The van der Waals surface area contributed by atoms with Crippen molar-refractivity contribution in [3.05, 3.63) is 36.2 Å². The Morgan fingerprint density at radius 2 is 2.10 bits per heavy atom. The van der Waals surface area contributed by atoms with Crippen LogP contribution >= 0.6 is 0 Å². The van der Waals surface area contributed by atoms with Gasteiger partial charge < -0.3 is 4.90 Å². The third kappa shape index (κ3) is 2.11. The number of aryl methyl sites for hydroxylation is 1. The highest BCUT2D eigenvalue weighted by Gasteiger charge is 2.29. The van der Waals surface area contributed by atoms with Crippen molar-refractivity contribution in [1.82, 2.24) is 9.78 Å². The van der Waals surface area contributed by atoms with Gasteiger partial charge >= 0.3 is 0 Å². The van der Waals surface area contributed by atoms with Crippen LogP contribution in [0.3, 0.4) is 0 Å². The first kappa shape index (κ1) is 13.2. The van der Waals surface area contributed by atoms with Gasteiger partial charge in [-0.05, 0) is 43.5 Å². The molecular weight excluding hydrogens is 246 g/mol. The molecule has 0 radical (unpaired) electrons. The maximum atomic E-state index is 4.28. The molecule has 106 valence electrons. The van der Waals surface area contributed by atoms with Crippen molar-refractivity contribution in [2.75, 3.05) is 11.4 Å². The van der Waals surface area contributed by atoms with E-state index in [9.17, 15) is 0 Å². The quantitative estimate of drug-likeness (QED) is 0.845. The Morgan fingerprint density at radius 1 is 1.30 bits per heavy atom. The monoisotopic (exact) mass is 269 g/mol. The van der Waals surface area contributed by atoms with E-state index in [0.29, 0.717) is 12.0 Å². The van der Waals surface area contributed by atoms with Crippen molar-refractivity contribution in [3.63, 3.8) is 0 Å². The maximum Gasteiger partial charge on any atom is 0.0568 e. The van der Waals surface area contributed by atoms with Crippen LogP contribution in [0.15, 0.2) is 30.6 Å². The predicted molar refractivity (Wildman–Crippen MR) is 84.2 cm³/mol. The van der Waals surface area contributed by atoms with Gasteiger partial charge in [-0.1, -0.05) is 13.0 Å². The van der Waals surface area contributed by atoms with Crippen molar-refractivity contribution in [2.45, 2.75) is 39.2 Å². The van der Waals surface area contributed by atoms with E-state index in [1.165, 1.54) is 28.8 Å². The molecule has 3 rings (SSSR count). The molecule has 3 heteroatoms. The summed E-state index contributed by atoms with van der Waals surface area (Å²) in [5.74, 6) is 0.657. The molecule has 0 spiro atoms. The van der Waals surface area contributed by atoms with Crippen molar-refractivity contribution >= 4 is 5.69 Å². The largest absolute Gasteiger partial charge is 0.368 e. The summed E-state index contributed by atoms with van der Waals surface area (Å²) in [5, 5.41) is 4.28. The average molecular weight is 269 g/mol. The van der Waals surface area contributed by atoms with Crippen LogP contribution in [0.4, 0.5) is 5.69 Å². The highest BCUT2D eigenvalue weighted by Crippen LogP contribution is 2.41. The molecule has 1 aliphatic heterocycles. The van der Waals surface area contributed by atoms with E-state index in [-0.39, 0.29) is 0 Å². The molecule has 0 saturated carbocycles. The molecule has 0 aliphatic carbocycles. The number of rotatable bonds is 3. The Kier molecular flexibility index (Phi) is 3.28. The van der Waals surface area contributed by atoms with Crippen LogP contribution in [0.1, 0.15) is 38.7 Å². The highest BCUT2D eigenvalue weighted by atomic mass is 15.2. The van der Waals surface area contributed by atoms with Crippen LogP contribution in [0.25, 0.3) is 11.1 Å². The van der Waals surface area contributed by atoms with Gasteiger partial charge in [0.05, 0.1) is 6.20 Å². The predicted octanol–water partition coefficient (Wildman–Crippen LogP) is 3.81. The van der Waals surface area contributed by atoms with E-state index in [1.807, 2.05) is 17.9 Å². The Hall–Kier alpha value is -1.77. The zero-order chi connectivity index (χ0) is 14.3. The van der Waals surface area contributed by atoms with Crippen molar-refractivity contribution in [2.24, 2.45) is 7.05 Å². The number of hydrogen-bond donors (Lipinski definition) is 0. The van der Waals surface area contributed by atoms with E-state index in [0.717, 1.165) is 6.54 Å². The summed E-state index contributed by atoms with van der Waals surface area (Å²) in [6.07, 6.45) is 5.22. The lowest BCUT2D eigenvalue weighted by molar-refractivity contribution is 0.630. The van der Waals surface area contributed by atoms with E-state index >= 15 is 0 Å². The molecule has 0 saturated heterocycles. The van der Waals surface area contributed by atoms with Crippen LogP contribution in [-0.4, -0.2) is 22.4 Å². The second-order valence-corrected chi connectivity index (χ2v) is 6.03. The van der Waals surface area contributed by atoms with Gasteiger partial charge in [0.2, 0.25) is 0 Å². The molecular formula is C17H23N3. The molecule has 1 atom stereocenters. The van der Waals surface area contributed by atoms with Crippen molar-refractivity contribution in [1.29, 1.82) is 0 Å². The minimum Gasteiger partial charge on any atom is -0.368 e. The summed E-state index contributed by atoms with van der Waals surface area (Å²) in [5.41, 5.74) is 5.40. The van der Waals surface area contributed by atoms with E-state index in [4.69, 9.17) is 0 Å². The molecule has 2 aromatic rings. The minimum atomic E-state index is 0.564. The molecule has 1 aromatic carbocycles. The third-order valence-corrected chi connectivity index (χ3v) is 4.35. The van der Waals surface area contributed by atoms with Crippen LogP contribution < -0.4 is 4.90 Å². The fraction of sp³-hybridized carbons (Fsp3) is 0.471. The topological polar surface area (TPSA) is 21.1 Å². The van der Waals surface area contributed by atoms with Gasteiger partial charge in [0.1, 0.15) is 0 Å². The number of anilines is 1. The van der Waals surface area contributed by atoms with E-state index in [1.54, 1.807) is 0 Å². The van der Waals surface area contributed by atoms with Crippen molar-refractivity contribution in [3.8, 4) is 11.1 Å². The number of nitrogens with zero attached hydrogens (tertiary/aromatic N) is 3. The maximum absolute atomic E-state index is 4.28. The number of fused-ring (bicyclic) bond motifs is 1. The van der Waals surface area contributed by atoms with Gasteiger partial charge in [0, 0.05) is 43.0 Å². The SMILES string of the molecule is CCC1CN(C(C)C)c2ccc(-c3cnn(C)c3)cc21. The number of aromatic nitrogens is 2. The molecule has 0 bridgehead atoms. The van der Waals surface area contributed by atoms with Gasteiger partial charge in [0.15, 0.2) is 0 Å². The fourth-order valence-electron chi connectivity index (χ4n) is 3.17. The minimum absolute atomic E-state index is 0.564. The van der Waals surface area contributed by atoms with Gasteiger partial charge in [-0.3, -0.25) is 4.68 Å². The lowest BCUT2D eigenvalue weighted by Crippen LogP contribution is -2.29. The van der Waals surface area contributed by atoms with Gasteiger partial charge in [-0.2, -0.15) is 5.10 Å². The van der Waals surface area contributed by atoms with Crippen molar-refractivity contribution < 1.29 is 0 Å². The fourth-order valence-corrected chi connectivity index (χ4v) is 3.17. The summed E-state index contributed by atoms with van der Waals surface area (Å²) >= 11 is 0. The second-order valence-electron chi connectivity index (χ2n) is 6.03. The first-order valence-corrected chi connectivity index (χ1v) is 7.49. The first-order valence-electron chi connectivity index (χ1n) is 7.49. The first-order chi connectivity index (χ1) is 9.60. The molecule has 1 unspecified atom stereocenters. The van der Waals surface area contributed by atoms with Gasteiger partial charge in [-0.15, -0.1) is 0 Å². The van der Waals surface area contributed by atoms with Crippen LogP contribution in [0.2, 0.25) is 0 Å². The van der Waals surface area contributed by atoms with Crippen LogP contribution in [0, 0.1) is 0 Å². The standard InChI is InChI=1S/C17H23N3/c1-5-13-11-20(12(2)3)17-7-6-14(8-16(13)17)15-9-18-19(4)10-15/h6-10,12-13H,5,11H2,1-4H3. The van der Waals surface area contributed by atoms with E-state index in [2.05, 4.69) is 55.2 Å². The smallest absolute Gasteiger partial charge is 0.0568 e. The molecule has 1 aromatic heterocycles. The Balaban J connectivity index is 2.03. The molecule has 2 heterocycles. The molecule has 0 N–H and O–H groups in total. The second kappa shape index (κ2) is 4.97. The lowest BCUT2D eigenvalue weighted by atomic mass is 9.95. The summed E-state index contributed by atoms with van der Waals surface area (Å²) in [7, 11) is 1.96. The summed E-state index contributed by atoms with van der Waals surface area (Å²) < 4.78 is 1.86. The Labute approximate surface area is 121 Å². The van der Waals surface area contributed by atoms with Gasteiger partial charge in [0.25, 0.3) is 0 Å². The molecule has 0 fully saturated rings. The van der Waals surface area contributed by atoms with Crippen LogP contribution in [0.5, 0.6) is 0 Å². The number of hydrogen-bond acceptors (Lipinski definition) is 2. The van der Waals surface area contributed by atoms with Gasteiger partial charge in [-0.25, -0.2) is 0 Å². The molecule has 0 amide bonds.